The molecule has 0 aliphatic carbocycles. The number of hydrogen-bond donors (Lipinski definition) is 2. The molecule has 0 aliphatic heterocycles. The van der Waals surface area contributed by atoms with Gasteiger partial charge in [0, 0.05) is 24.2 Å². The molecular weight excluding hydrogens is 316 g/mol. The lowest BCUT2D eigenvalue weighted by atomic mass is 10.1. The summed E-state index contributed by atoms with van der Waals surface area (Å²) in [6.07, 6.45) is 0.289. The van der Waals surface area contributed by atoms with Crippen LogP contribution >= 0.6 is 11.6 Å². The first kappa shape index (κ1) is 17.2. The Bertz CT molecular complexity index is 732. The number of aliphatic hydroxyl groups excluding tert-OH is 1. The van der Waals surface area contributed by atoms with E-state index in [9.17, 15) is 10.1 Å². The second-order valence-electron chi connectivity index (χ2n) is 5.46. The van der Waals surface area contributed by atoms with Crippen LogP contribution in [-0.2, 0) is 13.0 Å². The molecule has 0 amide bonds. The van der Waals surface area contributed by atoms with E-state index in [-0.39, 0.29) is 18.7 Å². The van der Waals surface area contributed by atoms with E-state index in [1.807, 2.05) is 26.0 Å². The number of nitrogens with one attached hydrogen (secondary N) is 1. The zero-order valence-corrected chi connectivity index (χ0v) is 13.9. The van der Waals surface area contributed by atoms with Gasteiger partial charge >= 0.3 is 0 Å². The van der Waals surface area contributed by atoms with Crippen molar-refractivity contribution in [2.75, 3.05) is 11.9 Å². The van der Waals surface area contributed by atoms with Crippen molar-refractivity contribution >= 4 is 23.0 Å². The monoisotopic (exact) mass is 334 g/mol. The second kappa shape index (κ2) is 7.44. The Morgan fingerprint density at radius 2 is 1.96 bits per heavy atom. The third kappa shape index (κ3) is 4.21. The van der Waals surface area contributed by atoms with Crippen LogP contribution < -0.4 is 5.32 Å². The number of rotatable bonds is 6. The first-order valence-electron chi connectivity index (χ1n) is 7.30. The molecule has 6 heteroatoms. The summed E-state index contributed by atoms with van der Waals surface area (Å²) in [4.78, 5) is 10.8. The van der Waals surface area contributed by atoms with Crippen molar-refractivity contribution in [3.63, 3.8) is 0 Å². The molecule has 0 unspecified atom stereocenters. The van der Waals surface area contributed by atoms with Crippen molar-refractivity contribution in [2.24, 2.45) is 0 Å². The molecule has 2 N–H and O–H groups in total. The lowest BCUT2D eigenvalue weighted by molar-refractivity contribution is -0.384. The maximum absolute atomic E-state index is 11.3. The first-order valence-corrected chi connectivity index (χ1v) is 7.68. The van der Waals surface area contributed by atoms with Crippen molar-refractivity contribution in [3.8, 4) is 0 Å². The average molecular weight is 335 g/mol. The van der Waals surface area contributed by atoms with E-state index in [2.05, 4.69) is 11.4 Å². The van der Waals surface area contributed by atoms with Crippen molar-refractivity contribution in [1.29, 1.82) is 0 Å². The molecule has 0 saturated carbocycles. The van der Waals surface area contributed by atoms with Gasteiger partial charge in [-0.1, -0.05) is 29.8 Å². The fourth-order valence-electron chi connectivity index (χ4n) is 2.32. The number of nitrogens with zero attached hydrogens (tertiary/aromatic N) is 1. The van der Waals surface area contributed by atoms with Gasteiger partial charge in [-0.05, 0) is 48.6 Å². The molecular formula is C17H19ClN2O3. The van der Waals surface area contributed by atoms with Gasteiger partial charge in [-0.15, -0.1) is 0 Å². The van der Waals surface area contributed by atoms with E-state index in [1.165, 1.54) is 17.2 Å². The van der Waals surface area contributed by atoms with E-state index in [1.54, 1.807) is 6.07 Å². The average Bonchev–Trinajstić information content (AvgIpc) is 2.50. The van der Waals surface area contributed by atoms with Crippen LogP contribution in [0.5, 0.6) is 0 Å². The number of benzene rings is 2. The third-order valence-electron chi connectivity index (χ3n) is 3.80. The van der Waals surface area contributed by atoms with Crippen LogP contribution in [0.4, 0.5) is 11.4 Å². The standard InChI is InChI=1S/C17H19ClN2O3/c1-11-3-4-13(7-12(11)2)10-19-16-9-15(18)14(5-6-21)8-17(16)20(22)23/h3-4,7-9,19,21H,5-6,10H2,1-2H3. The Hall–Kier alpha value is -2.11. The quantitative estimate of drug-likeness (QED) is 0.618. The van der Waals surface area contributed by atoms with Gasteiger partial charge in [-0.3, -0.25) is 10.1 Å². The Morgan fingerprint density at radius 3 is 2.57 bits per heavy atom. The predicted molar refractivity (Wildman–Crippen MR) is 92.1 cm³/mol. The van der Waals surface area contributed by atoms with Gasteiger partial charge < -0.3 is 10.4 Å². The summed E-state index contributed by atoms with van der Waals surface area (Å²) in [5.41, 5.74) is 4.32. The summed E-state index contributed by atoms with van der Waals surface area (Å²) < 4.78 is 0. The first-order chi connectivity index (χ1) is 10.9. The minimum Gasteiger partial charge on any atom is -0.396 e. The molecule has 0 aromatic heterocycles. The number of halogens is 1. The van der Waals surface area contributed by atoms with Crippen molar-refractivity contribution in [3.05, 3.63) is 67.7 Å². The summed E-state index contributed by atoms with van der Waals surface area (Å²) in [5.74, 6) is 0. The minimum absolute atomic E-state index is 0.0401. The molecule has 0 fully saturated rings. The number of aryl methyl sites for hydroxylation is 2. The maximum atomic E-state index is 11.3. The van der Waals surface area contributed by atoms with Gasteiger partial charge in [0.05, 0.1) is 4.92 Å². The summed E-state index contributed by atoms with van der Waals surface area (Å²) in [5, 5.41) is 23.7. The molecule has 2 rings (SSSR count). The van der Waals surface area contributed by atoms with E-state index in [4.69, 9.17) is 16.7 Å². The fourth-order valence-corrected chi connectivity index (χ4v) is 2.58. The molecule has 2 aromatic rings. The SMILES string of the molecule is Cc1ccc(CNc2cc(Cl)c(CCO)cc2[N+](=O)[O-])cc1C. The molecule has 0 saturated heterocycles. The molecule has 0 atom stereocenters. The van der Waals surface area contributed by atoms with Crippen LogP contribution in [0.1, 0.15) is 22.3 Å². The normalized spacial score (nSPS) is 10.6. The zero-order chi connectivity index (χ0) is 17.0. The lowest BCUT2D eigenvalue weighted by Crippen LogP contribution is -2.05. The Balaban J connectivity index is 2.25. The van der Waals surface area contributed by atoms with Gasteiger partial charge in [0.25, 0.3) is 5.69 Å². The van der Waals surface area contributed by atoms with E-state index < -0.39 is 4.92 Å². The molecule has 0 heterocycles. The van der Waals surface area contributed by atoms with Crippen LogP contribution in [0.25, 0.3) is 0 Å². The van der Waals surface area contributed by atoms with E-state index >= 15 is 0 Å². The minimum atomic E-state index is -0.445. The summed E-state index contributed by atoms with van der Waals surface area (Å²) in [6.45, 7) is 4.43. The van der Waals surface area contributed by atoms with Gasteiger partial charge in [-0.2, -0.15) is 0 Å². The topological polar surface area (TPSA) is 75.4 Å². The Labute approximate surface area is 140 Å². The highest BCUT2D eigenvalue weighted by Crippen LogP contribution is 2.32. The highest BCUT2D eigenvalue weighted by Gasteiger charge is 2.17. The molecule has 0 radical (unpaired) electrons. The van der Waals surface area contributed by atoms with Crippen molar-refractivity contribution < 1.29 is 10.0 Å². The largest absolute Gasteiger partial charge is 0.396 e. The molecule has 0 spiro atoms. The number of hydrogen-bond acceptors (Lipinski definition) is 4. The van der Waals surface area contributed by atoms with Gasteiger partial charge in [-0.25, -0.2) is 0 Å². The number of aliphatic hydroxyl groups is 1. The third-order valence-corrected chi connectivity index (χ3v) is 4.15. The van der Waals surface area contributed by atoms with Crippen molar-refractivity contribution in [1.82, 2.24) is 0 Å². The molecule has 5 nitrogen and oxygen atoms in total. The molecule has 23 heavy (non-hydrogen) atoms. The van der Waals surface area contributed by atoms with E-state index in [0.717, 1.165) is 5.56 Å². The maximum Gasteiger partial charge on any atom is 0.292 e. The predicted octanol–water partition coefficient (Wildman–Crippen LogP) is 4.01. The fraction of sp³-hybridized carbons (Fsp3) is 0.294. The van der Waals surface area contributed by atoms with Crippen LogP contribution in [0, 0.1) is 24.0 Å². The summed E-state index contributed by atoms with van der Waals surface area (Å²) in [7, 11) is 0. The van der Waals surface area contributed by atoms with Crippen LogP contribution in [0.3, 0.4) is 0 Å². The smallest absolute Gasteiger partial charge is 0.292 e. The Kier molecular flexibility index (Phi) is 5.58. The van der Waals surface area contributed by atoms with Gasteiger partial charge in [0.2, 0.25) is 0 Å². The number of nitro groups is 1. The highest BCUT2D eigenvalue weighted by molar-refractivity contribution is 6.31. The van der Waals surface area contributed by atoms with Crippen LogP contribution in [0.2, 0.25) is 5.02 Å². The number of anilines is 1. The second-order valence-corrected chi connectivity index (χ2v) is 5.87. The molecule has 122 valence electrons. The highest BCUT2D eigenvalue weighted by atomic mass is 35.5. The lowest BCUT2D eigenvalue weighted by Gasteiger charge is -2.11. The van der Waals surface area contributed by atoms with Crippen LogP contribution in [-0.4, -0.2) is 16.6 Å². The summed E-state index contributed by atoms with van der Waals surface area (Å²) in [6, 6.07) is 9.03. The van der Waals surface area contributed by atoms with E-state index in [0.29, 0.717) is 22.8 Å². The van der Waals surface area contributed by atoms with Crippen LogP contribution in [0.15, 0.2) is 30.3 Å². The zero-order valence-electron chi connectivity index (χ0n) is 13.1. The number of nitro benzene ring substituents is 1. The Morgan fingerprint density at radius 1 is 1.22 bits per heavy atom. The van der Waals surface area contributed by atoms with Gasteiger partial charge in [0.1, 0.15) is 5.69 Å². The summed E-state index contributed by atoms with van der Waals surface area (Å²) >= 11 is 6.14. The molecule has 2 aromatic carbocycles. The molecule has 0 aliphatic rings. The van der Waals surface area contributed by atoms with Gasteiger partial charge in [0.15, 0.2) is 0 Å². The van der Waals surface area contributed by atoms with Crippen molar-refractivity contribution in [2.45, 2.75) is 26.8 Å². The molecule has 0 bridgehead atoms.